The Balaban J connectivity index is 5.27. The van der Waals surface area contributed by atoms with E-state index in [9.17, 15) is 43.2 Å². The average molecular weight is 1330 g/mol. The first-order valence-electron chi connectivity index (χ1n) is 36.9. The molecule has 0 fully saturated rings. The van der Waals surface area contributed by atoms with E-state index in [0.717, 1.165) is 108 Å². The molecule has 4 unspecified atom stereocenters. The molecule has 0 rings (SSSR count). The Kier molecular flexibility index (Phi) is 60.6. The Morgan fingerprint density at radius 1 is 0.322 bits per heavy atom. The van der Waals surface area contributed by atoms with E-state index in [1.807, 2.05) is 0 Å². The number of aliphatic hydroxyl groups is 1. The maximum atomic E-state index is 13.0. The summed E-state index contributed by atoms with van der Waals surface area (Å²) in [5, 5.41) is 10.6. The van der Waals surface area contributed by atoms with Crippen LogP contribution in [0.25, 0.3) is 0 Å². The second-order valence-corrected chi connectivity index (χ2v) is 29.5. The van der Waals surface area contributed by atoms with Crippen LogP contribution in [0.4, 0.5) is 0 Å². The topological polar surface area (TPSA) is 237 Å². The summed E-state index contributed by atoms with van der Waals surface area (Å²) >= 11 is 0. The van der Waals surface area contributed by atoms with Gasteiger partial charge in [-0.25, -0.2) is 9.13 Å². The molecule has 90 heavy (non-hydrogen) atoms. The van der Waals surface area contributed by atoms with Crippen molar-refractivity contribution in [2.24, 2.45) is 17.8 Å². The first-order valence-corrected chi connectivity index (χ1v) is 39.9. The fourth-order valence-electron chi connectivity index (χ4n) is 10.7. The first kappa shape index (κ1) is 88.1. The zero-order valence-electron chi connectivity index (χ0n) is 58.6. The van der Waals surface area contributed by atoms with Crippen LogP contribution in [-0.2, 0) is 65.4 Å². The lowest BCUT2D eigenvalue weighted by atomic mass is 9.99. The molecule has 0 heterocycles. The van der Waals surface area contributed by atoms with Gasteiger partial charge in [-0.05, 0) is 43.4 Å². The van der Waals surface area contributed by atoms with Crippen LogP contribution in [0, 0.1) is 17.8 Å². The Morgan fingerprint density at radius 2 is 0.567 bits per heavy atom. The molecule has 0 aromatic heterocycles. The molecule has 7 atom stereocenters. The standard InChI is InChI=1S/C71H138O17P2/c1-8-11-12-13-14-15-23-31-38-45-52-68(73)81-59-67(88-71(76)55-48-41-34-27-26-30-37-44-51-64(7)10-3)61-86-90(79,80)84-57-65(72)56-83-89(77,78)85-60-66(87-70(75)54-47-40-33-25-18-16-17-21-28-35-42-49-62(4)5)58-82-69(74)53-46-39-32-24-20-19-22-29-36-43-50-63(6)9-2/h62-67,72H,8-61H2,1-7H3,(H,77,78)(H,79,80)/t63?,64?,65-,66-,67-/m1/s1. The van der Waals surface area contributed by atoms with Gasteiger partial charge in [0.1, 0.15) is 19.3 Å². The van der Waals surface area contributed by atoms with Crippen LogP contribution >= 0.6 is 15.6 Å². The minimum atomic E-state index is -4.95. The largest absolute Gasteiger partial charge is 0.472 e. The van der Waals surface area contributed by atoms with Crippen LogP contribution in [0.3, 0.4) is 0 Å². The van der Waals surface area contributed by atoms with E-state index in [2.05, 4.69) is 48.5 Å². The minimum Gasteiger partial charge on any atom is -0.462 e. The highest BCUT2D eigenvalue weighted by molar-refractivity contribution is 7.47. The van der Waals surface area contributed by atoms with Gasteiger partial charge in [0.15, 0.2) is 12.2 Å². The molecule has 0 aromatic rings. The fraction of sp³-hybridized carbons (Fsp3) is 0.944. The number of rotatable bonds is 69. The van der Waals surface area contributed by atoms with E-state index < -0.39 is 97.5 Å². The zero-order chi connectivity index (χ0) is 66.6. The average Bonchev–Trinajstić information content (AvgIpc) is 3.15. The molecule has 0 aliphatic heterocycles. The number of unbranched alkanes of at least 4 members (excludes halogenated alkanes) is 35. The number of carbonyl (C=O) groups excluding carboxylic acids is 4. The molecule has 534 valence electrons. The number of carbonyl (C=O) groups is 4. The van der Waals surface area contributed by atoms with E-state index in [0.29, 0.717) is 25.7 Å². The molecule has 0 aliphatic rings. The van der Waals surface area contributed by atoms with Crippen molar-refractivity contribution < 1.29 is 80.2 Å². The molecule has 3 N–H and O–H groups in total. The second-order valence-electron chi connectivity index (χ2n) is 26.6. The third kappa shape index (κ3) is 62.2. The monoisotopic (exact) mass is 1320 g/mol. The Morgan fingerprint density at radius 3 is 0.844 bits per heavy atom. The maximum absolute atomic E-state index is 13.0. The molecule has 0 spiro atoms. The van der Waals surface area contributed by atoms with Gasteiger partial charge >= 0.3 is 39.5 Å². The number of aliphatic hydroxyl groups excluding tert-OH is 1. The van der Waals surface area contributed by atoms with Gasteiger partial charge < -0.3 is 33.8 Å². The van der Waals surface area contributed by atoms with Gasteiger partial charge in [-0.3, -0.25) is 37.3 Å². The summed E-state index contributed by atoms with van der Waals surface area (Å²) in [6.45, 7) is 11.9. The van der Waals surface area contributed by atoms with Gasteiger partial charge in [-0.2, -0.15) is 0 Å². The quantitative estimate of drug-likeness (QED) is 0.0222. The predicted molar refractivity (Wildman–Crippen MR) is 363 cm³/mol. The van der Waals surface area contributed by atoms with E-state index in [4.69, 9.17) is 37.0 Å². The molecule has 17 nitrogen and oxygen atoms in total. The molecule has 0 aliphatic carbocycles. The van der Waals surface area contributed by atoms with Crippen LogP contribution in [0.2, 0.25) is 0 Å². The third-order valence-electron chi connectivity index (χ3n) is 17.1. The van der Waals surface area contributed by atoms with Crippen molar-refractivity contribution in [3.05, 3.63) is 0 Å². The molecular weight excluding hydrogens is 1190 g/mol. The Bertz CT molecular complexity index is 1770. The molecule has 0 bridgehead atoms. The smallest absolute Gasteiger partial charge is 0.462 e. The number of hydrogen-bond donors (Lipinski definition) is 3. The SMILES string of the molecule is CCCCCCCCCCCCC(=O)OC[C@H](COP(=O)(O)OC[C@H](O)COP(=O)(O)OC[C@@H](COC(=O)CCCCCCCCCCCCC(C)CC)OC(=O)CCCCCCCCCCCCCC(C)C)OC(=O)CCCCCCCCCCC(C)CC. The maximum Gasteiger partial charge on any atom is 0.472 e. The molecular formula is C71H138O17P2. The molecule has 0 radical (unpaired) electrons. The number of ether oxygens (including phenoxy) is 4. The fourth-order valence-corrected chi connectivity index (χ4v) is 12.2. The molecule has 0 saturated carbocycles. The van der Waals surface area contributed by atoms with E-state index in [-0.39, 0.29) is 25.7 Å². The predicted octanol–water partition coefficient (Wildman–Crippen LogP) is 20.2. The summed E-state index contributed by atoms with van der Waals surface area (Å²) in [6.07, 6.45) is 45.6. The zero-order valence-corrected chi connectivity index (χ0v) is 60.4. The van der Waals surface area contributed by atoms with Gasteiger partial charge in [0, 0.05) is 25.7 Å². The van der Waals surface area contributed by atoms with Gasteiger partial charge in [0.2, 0.25) is 0 Å². The number of esters is 4. The summed E-state index contributed by atoms with van der Waals surface area (Å²) in [5.74, 6) is 0.219. The van der Waals surface area contributed by atoms with Crippen LogP contribution in [0.5, 0.6) is 0 Å². The van der Waals surface area contributed by atoms with Crippen LogP contribution in [-0.4, -0.2) is 96.7 Å². The molecule has 0 saturated heterocycles. The number of phosphoric ester groups is 2. The second kappa shape index (κ2) is 61.9. The van der Waals surface area contributed by atoms with Crippen LogP contribution < -0.4 is 0 Å². The highest BCUT2D eigenvalue weighted by Crippen LogP contribution is 2.45. The van der Waals surface area contributed by atoms with Crippen LogP contribution in [0.15, 0.2) is 0 Å². The summed E-state index contributed by atoms with van der Waals surface area (Å²) < 4.78 is 68.3. The normalized spacial score (nSPS) is 14.8. The molecule has 0 aromatic carbocycles. The van der Waals surface area contributed by atoms with E-state index in [1.165, 1.54) is 167 Å². The van der Waals surface area contributed by atoms with Crippen molar-refractivity contribution in [3.63, 3.8) is 0 Å². The number of hydrogen-bond acceptors (Lipinski definition) is 15. The van der Waals surface area contributed by atoms with E-state index in [1.54, 1.807) is 0 Å². The van der Waals surface area contributed by atoms with Crippen molar-refractivity contribution >= 4 is 39.5 Å². The lowest BCUT2D eigenvalue weighted by Gasteiger charge is -2.21. The van der Waals surface area contributed by atoms with Crippen molar-refractivity contribution in [2.45, 2.75) is 375 Å². The van der Waals surface area contributed by atoms with Crippen LogP contribution in [0.1, 0.15) is 357 Å². The van der Waals surface area contributed by atoms with Crippen molar-refractivity contribution in [2.75, 3.05) is 39.6 Å². The minimum absolute atomic E-state index is 0.105. The van der Waals surface area contributed by atoms with Gasteiger partial charge in [0.05, 0.1) is 26.4 Å². The molecule has 0 amide bonds. The van der Waals surface area contributed by atoms with Crippen molar-refractivity contribution in [1.29, 1.82) is 0 Å². The number of phosphoric acid groups is 2. The first-order chi connectivity index (χ1) is 43.3. The van der Waals surface area contributed by atoms with Gasteiger partial charge in [-0.15, -0.1) is 0 Å². The van der Waals surface area contributed by atoms with Gasteiger partial charge in [-0.1, -0.05) is 305 Å². The van der Waals surface area contributed by atoms with Crippen molar-refractivity contribution in [3.8, 4) is 0 Å². The Hall–Kier alpha value is -1.94. The van der Waals surface area contributed by atoms with Crippen molar-refractivity contribution in [1.82, 2.24) is 0 Å². The Labute approximate surface area is 549 Å². The molecule has 19 heteroatoms. The third-order valence-corrected chi connectivity index (χ3v) is 19.0. The summed E-state index contributed by atoms with van der Waals surface area (Å²) in [7, 11) is -9.90. The highest BCUT2D eigenvalue weighted by Gasteiger charge is 2.30. The lowest BCUT2D eigenvalue weighted by Crippen LogP contribution is -2.30. The highest BCUT2D eigenvalue weighted by atomic mass is 31.2. The summed E-state index contributed by atoms with van der Waals surface area (Å²) in [5.41, 5.74) is 0. The van der Waals surface area contributed by atoms with E-state index >= 15 is 0 Å². The lowest BCUT2D eigenvalue weighted by molar-refractivity contribution is -0.161. The summed E-state index contributed by atoms with van der Waals surface area (Å²) in [4.78, 5) is 72.6. The summed E-state index contributed by atoms with van der Waals surface area (Å²) in [6, 6.07) is 0. The van der Waals surface area contributed by atoms with Gasteiger partial charge in [0.25, 0.3) is 0 Å².